The van der Waals surface area contributed by atoms with Gasteiger partial charge in [0, 0.05) is 37.3 Å². The molecule has 0 amide bonds. The zero-order valence-electron chi connectivity index (χ0n) is 15.2. The van der Waals surface area contributed by atoms with Crippen molar-refractivity contribution in [2.45, 2.75) is 19.9 Å². The summed E-state index contributed by atoms with van der Waals surface area (Å²) in [6.07, 6.45) is 0.889. The monoisotopic (exact) mass is 355 g/mol. The Morgan fingerprint density at radius 3 is 2.73 bits per heavy atom. The summed E-state index contributed by atoms with van der Waals surface area (Å²) in [6.45, 7) is 4.58. The minimum absolute atomic E-state index is 0.612. The van der Waals surface area contributed by atoms with Crippen molar-refractivity contribution < 1.29 is 14.2 Å². The zero-order valence-corrected chi connectivity index (χ0v) is 15.2. The molecule has 2 aromatic rings. The summed E-state index contributed by atoms with van der Waals surface area (Å²) in [5.41, 5.74) is 1.97. The second kappa shape index (κ2) is 8.99. The lowest BCUT2D eigenvalue weighted by molar-refractivity contribution is 0.297. The molecule has 1 aliphatic rings. The maximum absolute atomic E-state index is 5.73. The number of aliphatic imine (C=N–C) groups is 1. The number of rotatable bonds is 5. The Balaban J connectivity index is 1.64. The van der Waals surface area contributed by atoms with Crippen LogP contribution in [0.1, 0.15) is 18.9 Å². The molecule has 0 saturated heterocycles. The van der Waals surface area contributed by atoms with Crippen molar-refractivity contribution >= 4 is 11.6 Å². The maximum Gasteiger partial charge on any atom is 0.195 e. The Kier molecular flexibility index (Phi) is 6.19. The van der Waals surface area contributed by atoms with Gasteiger partial charge in [-0.2, -0.15) is 0 Å². The Morgan fingerprint density at radius 1 is 1.12 bits per heavy atom. The molecular weight excluding hydrogens is 330 g/mol. The first-order valence-electron chi connectivity index (χ1n) is 8.88. The lowest BCUT2D eigenvalue weighted by atomic mass is 10.2. The van der Waals surface area contributed by atoms with Gasteiger partial charge in [-0.05, 0) is 25.1 Å². The summed E-state index contributed by atoms with van der Waals surface area (Å²) in [7, 11) is 1.74. The van der Waals surface area contributed by atoms with Crippen LogP contribution in [0.25, 0.3) is 0 Å². The molecule has 138 valence electrons. The minimum atomic E-state index is 0.612. The van der Waals surface area contributed by atoms with Gasteiger partial charge in [-0.1, -0.05) is 18.2 Å². The summed E-state index contributed by atoms with van der Waals surface area (Å²) >= 11 is 0. The number of benzene rings is 2. The van der Waals surface area contributed by atoms with Crippen LogP contribution in [-0.2, 0) is 6.54 Å². The molecule has 0 saturated carbocycles. The number of hydrogen-bond acceptors (Lipinski definition) is 4. The Hall–Kier alpha value is -2.89. The largest absolute Gasteiger partial charge is 0.494 e. The fourth-order valence-electron chi connectivity index (χ4n) is 2.68. The highest BCUT2D eigenvalue weighted by atomic mass is 16.5. The Bertz CT molecular complexity index is 762. The summed E-state index contributed by atoms with van der Waals surface area (Å²) in [4.78, 5) is 4.29. The lowest BCUT2D eigenvalue weighted by Crippen LogP contribution is -2.30. The Labute approximate surface area is 154 Å². The van der Waals surface area contributed by atoms with Crippen molar-refractivity contribution in [1.82, 2.24) is 5.32 Å². The predicted octanol–water partition coefficient (Wildman–Crippen LogP) is 3.43. The van der Waals surface area contributed by atoms with E-state index in [1.807, 2.05) is 49.4 Å². The van der Waals surface area contributed by atoms with Gasteiger partial charge < -0.3 is 24.8 Å². The van der Waals surface area contributed by atoms with Gasteiger partial charge in [-0.15, -0.1) is 0 Å². The van der Waals surface area contributed by atoms with Crippen molar-refractivity contribution in [3.05, 3.63) is 48.0 Å². The predicted molar refractivity (Wildman–Crippen MR) is 103 cm³/mol. The molecule has 0 radical (unpaired) electrons. The molecule has 0 aromatic heterocycles. The van der Waals surface area contributed by atoms with E-state index in [0.717, 1.165) is 34.9 Å². The van der Waals surface area contributed by atoms with Crippen molar-refractivity contribution in [1.29, 1.82) is 0 Å². The second-order valence-corrected chi connectivity index (χ2v) is 5.80. The average Bonchev–Trinajstić information content (AvgIpc) is 2.91. The molecule has 0 fully saturated rings. The molecular formula is C20H25N3O3. The number of ether oxygens (including phenoxy) is 3. The summed E-state index contributed by atoms with van der Waals surface area (Å²) in [5, 5.41) is 6.60. The van der Waals surface area contributed by atoms with E-state index >= 15 is 0 Å². The smallest absolute Gasteiger partial charge is 0.195 e. The number of para-hydroxylation sites is 1. The van der Waals surface area contributed by atoms with Crippen molar-refractivity contribution in [3.63, 3.8) is 0 Å². The van der Waals surface area contributed by atoms with Gasteiger partial charge in [0.1, 0.15) is 5.75 Å². The molecule has 2 aromatic carbocycles. The van der Waals surface area contributed by atoms with E-state index < -0.39 is 0 Å². The van der Waals surface area contributed by atoms with Gasteiger partial charge in [0.25, 0.3) is 0 Å². The number of nitrogens with zero attached hydrogens (tertiary/aromatic N) is 1. The molecule has 6 heteroatoms. The van der Waals surface area contributed by atoms with E-state index in [1.54, 1.807) is 7.05 Å². The molecule has 2 N–H and O–H groups in total. The molecule has 6 nitrogen and oxygen atoms in total. The van der Waals surface area contributed by atoms with Crippen LogP contribution in [0.3, 0.4) is 0 Å². The number of fused-ring (bicyclic) bond motifs is 1. The normalized spacial score (nSPS) is 13.7. The third-order valence-electron chi connectivity index (χ3n) is 3.95. The molecule has 3 rings (SSSR count). The molecule has 0 bridgehead atoms. The molecule has 0 spiro atoms. The zero-order chi connectivity index (χ0) is 18.2. The van der Waals surface area contributed by atoms with E-state index in [2.05, 4.69) is 15.6 Å². The van der Waals surface area contributed by atoms with Crippen molar-refractivity contribution in [2.75, 3.05) is 32.2 Å². The highest BCUT2D eigenvalue weighted by Crippen LogP contribution is 2.32. The molecule has 0 atom stereocenters. The number of guanidine groups is 1. The van der Waals surface area contributed by atoms with Crippen LogP contribution in [-0.4, -0.2) is 32.8 Å². The first-order valence-corrected chi connectivity index (χ1v) is 8.88. The third-order valence-corrected chi connectivity index (χ3v) is 3.95. The van der Waals surface area contributed by atoms with E-state index in [-0.39, 0.29) is 0 Å². The van der Waals surface area contributed by atoms with Crippen molar-refractivity contribution in [2.24, 2.45) is 4.99 Å². The van der Waals surface area contributed by atoms with Crippen LogP contribution >= 0.6 is 0 Å². The SMILES string of the molecule is CCOc1ccccc1CNC(=NC)Nc1ccc2c(c1)OCCCO2. The van der Waals surface area contributed by atoms with Crippen LogP contribution in [0, 0.1) is 0 Å². The molecule has 26 heavy (non-hydrogen) atoms. The van der Waals surface area contributed by atoms with E-state index in [1.165, 1.54) is 0 Å². The van der Waals surface area contributed by atoms with Gasteiger partial charge >= 0.3 is 0 Å². The van der Waals surface area contributed by atoms with Crippen LogP contribution in [0.2, 0.25) is 0 Å². The average molecular weight is 355 g/mol. The number of anilines is 1. The number of hydrogen-bond donors (Lipinski definition) is 2. The van der Waals surface area contributed by atoms with Gasteiger partial charge in [0.05, 0.1) is 19.8 Å². The second-order valence-electron chi connectivity index (χ2n) is 5.80. The molecule has 0 unspecified atom stereocenters. The van der Waals surface area contributed by atoms with E-state index in [0.29, 0.717) is 32.3 Å². The molecule has 0 aliphatic carbocycles. The van der Waals surface area contributed by atoms with Gasteiger partial charge in [0.15, 0.2) is 17.5 Å². The van der Waals surface area contributed by atoms with Crippen LogP contribution in [0.5, 0.6) is 17.2 Å². The molecule has 1 aliphatic heterocycles. The van der Waals surface area contributed by atoms with Crippen LogP contribution in [0.4, 0.5) is 5.69 Å². The van der Waals surface area contributed by atoms with Gasteiger partial charge in [0.2, 0.25) is 0 Å². The fourth-order valence-corrected chi connectivity index (χ4v) is 2.68. The van der Waals surface area contributed by atoms with Crippen LogP contribution < -0.4 is 24.8 Å². The number of nitrogens with one attached hydrogen (secondary N) is 2. The highest BCUT2D eigenvalue weighted by Gasteiger charge is 2.11. The van der Waals surface area contributed by atoms with E-state index in [9.17, 15) is 0 Å². The first kappa shape index (κ1) is 17.9. The van der Waals surface area contributed by atoms with E-state index in [4.69, 9.17) is 14.2 Å². The lowest BCUT2D eigenvalue weighted by Gasteiger charge is -2.15. The standard InChI is InChI=1S/C20H25N3O3/c1-3-24-17-8-5-4-7-15(17)14-22-20(21-2)23-16-9-10-18-19(13-16)26-12-6-11-25-18/h4-5,7-10,13H,3,6,11-12,14H2,1-2H3,(H2,21,22,23). The topological polar surface area (TPSA) is 64.1 Å². The quantitative estimate of drug-likeness (QED) is 0.635. The van der Waals surface area contributed by atoms with Crippen molar-refractivity contribution in [3.8, 4) is 17.2 Å². The summed E-state index contributed by atoms with van der Waals surface area (Å²) in [6, 6.07) is 13.8. The maximum atomic E-state index is 5.73. The molecule has 1 heterocycles. The summed E-state index contributed by atoms with van der Waals surface area (Å²) < 4.78 is 17.1. The first-order chi connectivity index (χ1) is 12.8. The van der Waals surface area contributed by atoms with Gasteiger partial charge in [-0.25, -0.2) is 0 Å². The highest BCUT2D eigenvalue weighted by molar-refractivity contribution is 5.93. The third kappa shape index (κ3) is 4.59. The van der Waals surface area contributed by atoms with Crippen LogP contribution in [0.15, 0.2) is 47.5 Å². The van der Waals surface area contributed by atoms with Gasteiger partial charge in [-0.3, -0.25) is 4.99 Å². The minimum Gasteiger partial charge on any atom is -0.494 e. The fraction of sp³-hybridized carbons (Fsp3) is 0.350. The summed E-state index contributed by atoms with van der Waals surface area (Å²) in [5.74, 6) is 3.09. The Morgan fingerprint density at radius 2 is 1.92 bits per heavy atom.